The third-order valence-electron chi connectivity index (χ3n) is 7.32. The van der Waals surface area contributed by atoms with Crippen LogP contribution < -0.4 is 0 Å². The fraction of sp³-hybridized carbons (Fsp3) is 0.706. The first-order valence-corrected chi connectivity index (χ1v) is 15.0. The molecule has 0 fully saturated rings. The molecule has 0 heterocycles. The molecule has 0 nitrogen and oxygen atoms in total. The second kappa shape index (κ2) is 21.0. The Kier molecular flexibility index (Phi) is 19.0. The largest absolute Gasteiger partial charge is 0.0995 e. The van der Waals surface area contributed by atoms with Crippen molar-refractivity contribution in [2.75, 3.05) is 0 Å². The van der Waals surface area contributed by atoms with Crippen LogP contribution in [-0.4, -0.2) is 0 Å². The van der Waals surface area contributed by atoms with Crippen molar-refractivity contribution in [3.8, 4) is 0 Å². The Hall–Kier alpha value is -1.30. The van der Waals surface area contributed by atoms with Crippen LogP contribution in [0.25, 0.3) is 0 Å². The van der Waals surface area contributed by atoms with Crippen molar-refractivity contribution in [2.24, 2.45) is 5.92 Å². The van der Waals surface area contributed by atoms with Gasteiger partial charge in [-0.25, -0.2) is 0 Å². The highest BCUT2D eigenvalue weighted by molar-refractivity contribution is 5.28. The van der Waals surface area contributed by atoms with Crippen LogP contribution in [0, 0.1) is 5.92 Å². The van der Waals surface area contributed by atoms with Crippen LogP contribution in [0.1, 0.15) is 147 Å². The molecule has 0 N–H and O–H groups in total. The van der Waals surface area contributed by atoms with E-state index in [1.807, 2.05) is 0 Å². The Morgan fingerprint density at radius 1 is 0.559 bits per heavy atom. The van der Waals surface area contributed by atoms with Gasteiger partial charge in [0.2, 0.25) is 0 Å². The summed E-state index contributed by atoms with van der Waals surface area (Å²) in [6.07, 6.45) is 26.5. The van der Waals surface area contributed by atoms with Gasteiger partial charge in [0.05, 0.1) is 0 Å². The summed E-state index contributed by atoms with van der Waals surface area (Å²) in [5, 5.41) is 0. The average Bonchev–Trinajstić information content (AvgIpc) is 2.82. The van der Waals surface area contributed by atoms with Crippen LogP contribution in [0.15, 0.2) is 48.6 Å². The number of allylic oxidation sites excluding steroid dienone is 2. The number of benzene rings is 1. The number of hydrogen-bond acceptors (Lipinski definition) is 0. The van der Waals surface area contributed by atoms with Crippen molar-refractivity contribution in [1.82, 2.24) is 0 Å². The number of hydrogen-bond donors (Lipinski definition) is 0. The van der Waals surface area contributed by atoms with E-state index in [9.17, 15) is 0 Å². The Morgan fingerprint density at radius 3 is 1.44 bits per heavy atom. The first kappa shape index (κ1) is 30.7. The lowest BCUT2D eigenvalue weighted by Gasteiger charge is -2.19. The molecule has 1 aromatic carbocycles. The maximum absolute atomic E-state index is 4.51. The summed E-state index contributed by atoms with van der Waals surface area (Å²) >= 11 is 0. The van der Waals surface area contributed by atoms with Gasteiger partial charge in [-0.2, -0.15) is 0 Å². The van der Waals surface area contributed by atoms with E-state index >= 15 is 0 Å². The lowest BCUT2D eigenvalue weighted by molar-refractivity contribution is 0.399. The first-order valence-electron chi connectivity index (χ1n) is 15.0. The molecular weight excluding hydrogens is 408 g/mol. The molecule has 0 spiro atoms. The van der Waals surface area contributed by atoms with E-state index < -0.39 is 0 Å². The molecule has 0 atom stereocenters. The smallest absolute Gasteiger partial charge is 0.00697 e. The van der Waals surface area contributed by atoms with E-state index in [1.54, 1.807) is 0 Å². The summed E-state index contributed by atoms with van der Waals surface area (Å²) in [6.45, 7) is 15.7. The fourth-order valence-corrected chi connectivity index (χ4v) is 5.14. The predicted molar refractivity (Wildman–Crippen MR) is 156 cm³/mol. The van der Waals surface area contributed by atoms with E-state index in [0.717, 1.165) is 18.8 Å². The maximum atomic E-state index is 4.51. The Bertz CT molecular complexity index is 606. The topological polar surface area (TPSA) is 0 Å². The predicted octanol–water partition coefficient (Wildman–Crippen LogP) is 11.6. The Morgan fingerprint density at radius 2 is 0.971 bits per heavy atom. The molecular formula is C34H58. The van der Waals surface area contributed by atoms with Gasteiger partial charge in [-0.15, -0.1) is 0 Å². The summed E-state index contributed by atoms with van der Waals surface area (Å²) in [5.41, 5.74) is 5.65. The van der Waals surface area contributed by atoms with E-state index in [4.69, 9.17) is 0 Å². The van der Waals surface area contributed by atoms with Gasteiger partial charge < -0.3 is 0 Å². The highest BCUT2D eigenvalue weighted by atomic mass is 14.2. The van der Waals surface area contributed by atoms with Crippen molar-refractivity contribution >= 4 is 0 Å². The van der Waals surface area contributed by atoms with Crippen molar-refractivity contribution in [3.05, 3.63) is 59.7 Å². The monoisotopic (exact) mass is 466 g/mol. The third kappa shape index (κ3) is 16.3. The van der Waals surface area contributed by atoms with Crippen molar-refractivity contribution in [2.45, 2.75) is 149 Å². The van der Waals surface area contributed by atoms with E-state index in [1.165, 1.54) is 138 Å². The van der Waals surface area contributed by atoms with Crippen molar-refractivity contribution < 1.29 is 0 Å². The van der Waals surface area contributed by atoms with Gasteiger partial charge >= 0.3 is 0 Å². The molecule has 0 aliphatic carbocycles. The molecule has 0 bridgehead atoms. The molecule has 1 rings (SSSR count). The van der Waals surface area contributed by atoms with Gasteiger partial charge in [0.15, 0.2) is 0 Å². The molecule has 0 aromatic heterocycles. The average molecular weight is 467 g/mol. The third-order valence-corrected chi connectivity index (χ3v) is 7.32. The zero-order valence-corrected chi connectivity index (χ0v) is 23.4. The highest BCUT2D eigenvalue weighted by Crippen LogP contribution is 2.26. The second-order valence-corrected chi connectivity index (χ2v) is 11.0. The van der Waals surface area contributed by atoms with Crippen LogP contribution >= 0.6 is 0 Å². The first-order chi connectivity index (χ1) is 16.6. The summed E-state index contributed by atoms with van der Waals surface area (Å²) in [5.74, 6) is 0.839. The Balaban J connectivity index is 2.45. The zero-order chi connectivity index (χ0) is 24.9. The highest BCUT2D eigenvalue weighted by Gasteiger charge is 2.11. The van der Waals surface area contributed by atoms with Crippen LogP contribution in [0.5, 0.6) is 0 Å². The molecule has 0 unspecified atom stereocenters. The van der Waals surface area contributed by atoms with E-state index in [0.29, 0.717) is 0 Å². The summed E-state index contributed by atoms with van der Waals surface area (Å²) in [6, 6.07) is 9.29. The van der Waals surface area contributed by atoms with Gasteiger partial charge in [-0.05, 0) is 49.1 Å². The lowest BCUT2D eigenvalue weighted by Crippen LogP contribution is -2.04. The van der Waals surface area contributed by atoms with Gasteiger partial charge in [-0.3, -0.25) is 0 Å². The summed E-state index contributed by atoms with van der Waals surface area (Å²) in [7, 11) is 0. The minimum atomic E-state index is 0.839. The van der Waals surface area contributed by atoms with Crippen LogP contribution in [0.4, 0.5) is 0 Å². The molecule has 1 aromatic rings. The molecule has 0 amide bonds. The molecule has 0 saturated carbocycles. The quantitative estimate of drug-likeness (QED) is 0.111. The molecule has 0 aliphatic rings. The van der Waals surface area contributed by atoms with Crippen molar-refractivity contribution in [1.29, 1.82) is 0 Å². The molecule has 0 saturated heterocycles. The molecule has 0 aliphatic heterocycles. The van der Waals surface area contributed by atoms with Crippen LogP contribution in [0.2, 0.25) is 0 Å². The Labute approximate surface area is 214 Å². The molecule has 34 heavy (non-hydrogen) atoms. The normalized spacial score (nSPS) is 11.3. The molecule has 0 radical (unpaired) electrons. The van der Waals surface area contributed by atoms with Crippen LogP contribution in [0.3, 0.4) is 0 Å². The minimum Gasteiger partial charge on any atom is -0.0995 e. The van der Waals surface area contributed by atoms with Gasteiger partial charge in [0.25, 0.3) is 0 Å². The van der Waals surface area contributed by atoms with Gasteiger partial charge in [0, 0.05) is 0 Å². The van der Waals surface area contributed by atoms with Gasteiger partial charge in [-0.1, -0.05) is 166 Å². The minimum absolute atomic E-state index is 0.839. The number of unbranched alkanes of at least 4 members (excludes halogenated alkanes) is 11. The SMILES string of the molecule is C=C(CCCCCC)Cc1ccc(CC(=C)CC(CCCCCCC)CCCCCCC)cc1. The van der Waals surface area contributed by atoms with Crippen LogP contribution in [-0.2, 0) is 12.8 Å². The van der Waals surface area contributed by atoms with E-state index in [-0.39, 0.29) is 0 Å². The fourth-order valence-electron chi connectivity index (χ4n) is 5.14. The zero-order valence-electron chi connectivity index (χ0n) is 23.4. The molecule has 194 valence electrons. The standard InChI is InChI=1S/C34H58/c1-6-9-12-15-18-21-32(22-19-16-13-10-7-2)28-31(5)29-34-25-23-33(24-26-34)27-30(4)20-17-14-11-8-3/h23-26,32H,4-22,27-29H2,1-3H3. The lowest BCUT2D eigenvalue weighted by atomic mass is 9.87. The summed E-state index contributed by atoms with van der Waals surface area (Å²) < 4.78 is 0. The summed E-state index contributed by atoms with van der Waals surface area (Å²) in [4.78, 5) is 0. The van der Waals surface area contributed by atoms with E-state index in [2.05, 4.69) is 58.2 Å². The number of rotatable bonds is 23. The second-order valence-electron chi connectivity index (χ2n) is 11.0. The van der Waals surface area contributed by atoms with Gasteiger partial charge in [0.1, 0.15) is 0 Å². The maximum Gasteiger partial charge on any atom is -0.00697 e. The van der Waals surface area contributed by atoms with Crippen molar-refractivity contribution in [3.63, 3.8) is 0 Å². The molecule has 0 heteroatoms.